The third-order valence-electron chi connectivity index (χ3n) is 5.74. The number of rotatable bonds is 0. The number of allylic oxidation sites excluding steroid dienone is 1. The summed E-state index contributed by atoms with van der Waals surface area (Å²) in [5.74, 6) is 5.22. The first kappa shape index (κ1) is 13.2. The van der Waals surface area contributed by atoms with Crippen molar-refractivity contribution in [3.8, 4) is 0 Å². The van der Waals surface area contributed by atoms with Crippen LogP contribution in [0.3, 0.4) is 0 Å². The van der Waals surface area contributed by atoms with E-state index in [1.807, 2.05) is 0 Å². The predicted molar refractivity (Wildman–Crippen MR) is 76.1 cm³/mol. The van der Waals surface area contributed by atoms with Crippen molar-refractivity contribution in [2.75, 3.05) is 0 Å². The second kappa shape index (κ2) is 4.82. The van der Waals surface area contributed by atoms with Gasteiger partial charge in [0.15, 0.2) is 0 Å². The zero-order valence-corrected chi connectivity index (χ0v) is 11.9. The molecule has 0 aromatic rings. The van der Waals surface area contributed by atoms with Crippen LogP contribution in [0.15, 0.2) is 12.2 Å². The van der Waals surface area contributed by atoms with Gasteiger partial charge in [-0.2, -0.15) is 0 Å². The quantitative estimate of drug-likeness (QED) is 0.425. The fourth-order valence-corrected chi connectivity index (χ4v) is 4.05. The van der Waals surface area contributed by atoms with Crippen molar-refractivity contribution < 1.29 is 0 Å². The van der Waals surface area contributed by atoms with Crippen LogP contribution in [-0.4, -0.2) is 7.85 Å². The molecule has 94 valence electrons. The predicted octanol–water partition coefficient (Wildman–Crippen LogP) is 4.47. The Hall–Kier alpha value is -0.195. The lowest BCUT2D eigenvalue weighted by Crippen LogP contribution is -2.20. The lowest BCUT2D eigenvalue weighted by Gasteiger charge is -2.30. The van der Waals surface area contributed by atoms with Crippen molar-refractivity contribution in [3.63, 3.8) is 0 Å². The van der Waals surface area contributed by atoms with Gasteiger partial charge in [0.2, 0.25) is 0 Å². The van der Waals surface area contributed by atoms with Gasteiger partial charge in [-0.1, -0.05) is 39.1 Å². The highest BCUT2D eigenvalue weighted by molar-refractivity contribution is 6.13. The Morgan fingerprint density at radius 3 is 2.35 bits per heavy atom. The molecule has 7 atom stereocenters. The first-order valence-electron chi connectivity index (χ1n) is 7.36. The fourth-order valence-electron chi connectivity index (χ4n) is 4.05. The lowest BCUT2D eigenvalue weighted by molar-refractivity contribution is 0.300. The second-order valence-corrected chi connectivity index (χ2v) is 6.88. The molecule has 0 aromatic heterocycles. The highest BCUT2D eigenvalue weighted by Gasteiger charge is 2.51. The van der Waals surface area contributed by atoms with Gasteiger partial charge in [-0.05, 0) is 54.8 Å². The standard InChI is InChI=1S/C16H27B/c1-9-6-7-10(2)16(17)12(4)11(3)15-13(5)14(15)8-9/h9,11-16H,2,6-8H2,1,3-5H3. The van der Waals surface area contributed by atoms with Crippen LogP contribution in [0.4, 0.5) is 0 Å². The molecule has 0 bridgehead atoms. The molecule has 7 unspecified atom stereocenters. The van der Waals surface area contributed by atoms with Gasteiger partial charge < -0.3 is 0 Å². The molecule has 2 fully saturated rings. The maximum atomic E-state index is 6.37. The van der Waals surface area contributed by atoms with Gasteiger partial charge in [0.05, 0.1) is 7.85 Å². The first-order valence-corrected chi connectivity index (χ1v) is 7.36. The molecular formula is C16H27B. The van der Waals surface area contributed by atoms with Crippen LogP contribution in [0.1, 0.15) is 47.0 Å². The largest absolute Gasteiger partial charge is 0.100 e. The summed E-state index contributed by atoms with van der Waals surface area (Å²) in [6, 6.07) is 0. The second-order valence-electron chi connectivity index (χ2n) is 6.88. The van der Waals surface area contributed by atoms with E-state index < -0.39 is 0 Å². The van der Waals surface area contributed by atoms with E-state index in [4.69, 9.17) is 7.85 Å². The Bertz CT molecular complexity index is 296. The molecular weight excluding hydrogens is 203 g/mol. The maximum absolute atomic E-state index is 6.37. The number of hydrogen-bond acceptors (Lipinski definition) is 0. The van der Waals surface area contributed by atoms with E-state index in [0.717, 1.165) is 36.0 Å². The number of fused-ring (bicyclic) bond motifs is 1. The Morgan fingerprint density at radius 1 is 1.06 bits per heavy atom. The molecule has 2 radical (unpaired) electrons. The van der Waals surface area contributed by atoms with Gasteiger partial charge in [-0.25, -0.2) is 0 Å². The van der Waals surface area contributed by atoms with E-state index in [-0.39, 0.29) is 5.82 Å². The summed E-state index contributed by atoms with van der Waals surface area (Å²) in [5, 5.41) is 0. The van der Waals surface area contributed by atoms with E-state index in [2.05, 4.69) is 34.3 Å². The van der Waals surface area contributed by atoms with Gasteiger partial charge in [0.1, 0.15) is 0 Å². The van der Waals surface area contributed by atoms with Crippen LogP contribution in [0.5, 0.6) is 0 Å². The van der Waals surface area contributed by atoms with Crippen molar-refractivity contribution in [1.29, 1.82) is 0 Å². The summed E-state index contributed by atoms with van der Waals surface area (Å²) < 4.78 is 0. The first-order chi connectivity index (χ1) is 7.93. The van der Waals surface area contributed by atoms with Crippen LogP contribution in [0.25, 0.3) is 0 Å². The monoisotopic (exact) mass is 230 g/mol. The highest BCUT2D eigenvalue weighted by Crippen LogP contribution is 2.57. The highest BCUT2D eigenvalue weighted by atomic mass is 14.6. The van der Waals surface area contributed by atoms with Gasteiger partial charge in [-0.15, -0.1) is 6.58 Å². The zero-order chi connectivity index (χ0) is 12.7. The molecule has 0 nitrogen and oxygen atoms in total. The summed E-state index contributed by atoms with van der Waals surface area (Å²) >= 11 is 0. The molecule has 0 aliphatic heterocycles. The molecule has 0 N–H and O–H groups in total. The van der Waals surface area contributed by atoms with E-state index in [9.17, 15) is 0 Å². The van der Waals surface area contributed by atoms with Gasteiger partial charge in [0, 0.05) is 0 Å². The molecule has 0 amide bonds. The minimum atomic E-state index is 0.212. The topological polar surface area (TPSA) is 0 Å². The Labute approximate surface area is 109 Å². The SMILES string of the molecule is [B]C1C(=C)CCC(C)CC2C(C)C2C(C)C1C. The van der Waals surface area contributed by atoms with Crippen molar-refractivity contribution in [1.82, 2.24) is 0 Å². The van der Waals surface area contributed by atoms with Crippen LogP contribution in [0, 0.1) is 35.5 Å². The van der Waals surface area contributed by atoms with Crippen LogP contribution in [0.2, 0.25) is 5.82 Å². The molecule has 2 rings (SSSR count). The van der Waals surface area contributed by atoms with E-state index >= 15 is 0 Å². The van der Waals surface area contributed by atoms with Crippen LogP contribution in [-0.2, 0) is 0 Å². The van der Waals surface area contributed by atoms with Gasteiger partial charge in [0.25, 0.3) is 0 Å². The molecule has 0 saturated heterocycles. The molecule has 0 heterocycles. The Kier molecular flexibility index (Phi) is 3.76. The molecule has 2 aliphatic carbocycles. The molecule has 0 aromatic carbocycles. The molecule has 0 spiro atoms. The molecule has 17 heavy (non-hydrogen) atoms. The smallest absolute Gasteiger partial charge is 0.0762 e. The average Bonchev–Trinajstić information content (AvgIpc) is 2.92. The maximum Gasteiger partial charge on any atom is 0.0762 e. The van der Waals surface area contributed by atoms with Crippen molar-refractivity contribution in [3.05, 3.63) is 12.2 Å². The summed E-state index contributed by atoms with van der Waals surface area (Å²) in [6.07, 6.45) is 3.83. The van der Waals surface area contributed by atoms with E-state index in [0.29, 0.717) is 5.92 Å². The average molecular weight is 230 g/mol. The van der Waals surface area contributed by atoms with Gasteiger partial charge in [-0.3, -0.25) is 0 Å². The molecule has 2 aliphatic rings. The van der Waals surface area contributed by atoms with Crippen molar-refractivity contribution in [2.24, 2.45) is 35.5 Å². The van der Waals surface area contributed by atoms with Crippen molar-refractivity contribution in [2.45, 2.75) is 52.8 Å². The Morgan fingerprint density at radius 2 is 1.71 bits per heavy atom. The Balaban J connectivity index is 2.13. The third kappa shape index (κ3) is 2.49. The minimum Gasteiger partial charge on any atom is -0.100 e. The summed E-state index contributed by atoms with van der Waals surface area (Å²) in [6.45, 7) is 13.8. The third-order valence-corrected chi connectivity index (χ3v) is 5.74. The van der Waals surface area contributed by atoms with Gasteiger partial charge >= 0.3 is 0 Å². The number of hydrogen-bond donors (Lipinski definition) is 0. The summed E-state index contributed by atoms with van der Waals surface area (Å²) in [7, 11) is 6.37. The fraction of sp³-hybridized carbons (Fsp3) is 0.875. The van der Waals surface area contributed by atoms with E-state index in [1.165, 1.54) is 18.4 Å². The summed E-state index contributed by atoms with van der Waals surface area (Å²) in [5.41, 5.74) is 1.28. The normalized spacial score (nSPS) is 51.8. The van der Waals surface area contributed by atoms with E-state index in [1.54, 1.807) is 0 Å². The van der Waals surface area contributed by atoms with Crippen molar-refractivity contribution >= 4 is 7.85 Å². The zero-order valence-electron chi connectivity index (χ0n) is 11.9. The lowest BCUT2D eigenvalue weighted by atomic mass is 9.65. The molecule has 2 saturated carbocycles. The van der Waals surface area contributed by atoms with Crippen LogP contribution < -0.4 is 0 Å². The minimum absolute atomic E-state index is 0.212. The summed E-state index contributed by atoms with van der Waals surface area (Å²) in [4.78, 5) is 0. The molecule has 1 heteroatoms. The van der Waals surface area contributed by atoms with Crippen LogP contribution >= 0.6 is 0 Å².